The summed E-state index contributed by atoms with van der Waals surface area (Å²) in [5.41, 5.74) is 3.40. The van der Waals surface area contributed by atoms with Gasteiger partial charge in [0.15, 0.2) is 0 Å². The standard InChI is InChI=1S/C12H19ClN4O/c1-18-7-6-17(9-2-3-9)8-11-10(13)4-5-12(15-11)16-14/h4-5,9H,2-3,6-8,14H2,1H3,(H,15,16). The molecule has 1 aromatic heterocycles. The summed E-state index contributed by atoms with van der Waals surface area (Å²) >= 11 is 6.17. The van der Waals surface area contributed by atoms with Crippen LogP contribution in [0.3, 0.4) is 0 Å². The number of hydrazine groups is 1. The highest BCUT2D eigenvalue weighted by Gasteiger charge is 2.29. The summed E-state index contributed by atoms with van der Waals surface area (Å²) in [5.74, 6) is 6.00. The van der Waals surface area contributed by atoms with Gasteiger partial charge in [-0.25, -0.2) is 10.8 Å². The molecular weight excluding hydrogens is 252 g/mol. The molecule has 1 aliphatic rings. The smallest absolute Gasteiger partial charge is 0.140 e. The zero-order valence-corrected chi connectivity index (χ0v) is 11.3. The third-order valence-electron chi connectivity index (χ3n) is 3.07. The summed E-state index contributed by atoms with van der Waals surface area (Å²) in [7, 11) is 1.72. The van der Waals surface area contributed by atoms with Crippen LogP contribution in [-0.2, 0) is 11.3 Å². The lowest BCUT2D eigenvalue weighted by atomic mass is 10.3. The lowest BCUT2D eigenvalue weighted by molar-refractivity contribution is 0.139. The predicted octanol–water partition coefficient (Wildman–Crippen LogP) is 1.63. The lowest BCUT2D eigenvalue weighted by Crippen LogP contribution is -2.29. The summed E-state index contributed by atoms with van der Waals surface area (Å²) in [6.07, 6.45) is 2.49. The van der Waals surface area contributed by atoms with E-state index < -0.39 is 0 Å². The van der Waals surface area contributed by atoms with Crippen molar-refractivity contribution in [1.29, 1.82) is 0 Å². The second-order valence-electron chi connectivity index (χ2n) is 4.46. The van der Waals surface area contributed by atoms with Gasteiger partial charge in [0.2, 0.25) is 0 Å². The van der Waals surface area contributed by atoms with Crippen molar-refractivity contribution in [2.24, 2.45) is 5.84 Å². The Bertz CT molecular complexity index is 398. The maximum absolute atomic E-state index is 6.17. The summed E-state index contributed by atoms with van der Waals surface area (Å²) in [5, 5.41) is 0.678. The van der Waals surface area contributed by atoms with Crippen LogP contribution in [-0.4, -0.2) is 36.2 Å². The molecule has 0 saturated heterocycles. The monoisotopic (exact) mass is 270 g/mol. The minimum Gasteiger partial charge on any atom is -0.383 e. The fourth-order valence-electron chi connectivity index (χ4n) is 1.91. The SMILES string of the molecule is COCCN(Cc1nc(NN)ccc1Cl)C1CC1. The molecule has 0 radical (unpaired) electrons. The largest absolute Gasteiger partial charge is 0.383 e. The Hall–Kier alpha value is -0.880. The van der Waals surface area contributed by atoms with E-state index in [1.165, 1.54) is 12.8 Å². The first-order valence-corrected chi connectivity index (χ1v) is 6.47. The van der Waals surface area contributed by atoms with Crippen LogP contribution in [0.25, 0.3) is 0 Å². The molecule has 0 atom stereocenters. The summed E-state index contributed by atoms with van der Waals surface area (Å²) in [6, 6.07) is 4.23. The van der Waals surface area contributed by atoms with Crippen LogP contribution in [0.15, 0.2) is 12.1 Å². The van der Waals surface area contributed by atoms with Crippen molar-refractivity contribution in [3.63, 3.8) is 0 Å². The summed E-state index contributed by atoms with van der Waals surface area (Å²) in [6.45, 7) is 2.37. The van der Waals surface area contributed by atoms with E-state index in [0.717, 1.165) is 25.4 Å². The van der Waals surface area contributed by atoms with Gasteiger partial charge < -0.3 is 10.2 Å². The number of hydrogen-bond donors (Lipinski definition) is 2. The molecule has 6 heteroatoms. The summed E-state index contributed by atoms with van der Waals surface area (Å²) in [4.78, 5) is 6.76. The molecule has 1 saturated carbocycles. The molecular formula is C12H19ClN4O. The molecule has 0 unspecified atom stereocenters. The molecule has 18 heavy (non-hydrogen) atoms. The number of nitrogens with one attached hydrogen (secondary N) is 1. The molecule has 1 aromatic rings. The molecule has 5 nitrogen and oxygen atoms in total. The van der Waals surface area contributed by atoms with Gasteiger partial charge in [0.1, 0.15) is 5.82 Å². The number of halogens is 1. The quantitative estimate of drug-likeness (QED) is 0.582. The van der Waals surface area contributed by atoms with Gasteiger partial charge in [-0.3, -0.25) is 4.90 Å². The van der Waals surface area contributed by atoms with Crippen molar-refractivity contribution < 1.29 is 4.74 Å². The third kappa shape index (κ3) is 3.55. The van der Waals surface area contributed by atoms with Gasteiger partial charge in [0.05, 0.1) is 17.3 Å². The number of methoxy groups -OCH3 is 1. The Balaban J connectivity index is 2.05. The average Bonchev–Trinajstić information content (AvgIpc) is 3.21. The number of ether oxygens (including phenoxy) is 1. The predicted molar refractivity (Wildman–Crippen MR) is 72.4 cm³/mol. The van der Waals surface area contributed by atoms with Gasteiger partial charge >= 0.3 is 0 Å². The molecule has 0 aromatic carbocycles. The Morgan fingerprint density at radius 3 is 2.94 bits per heavy atom. The van der Waals surface area contributed by atoms with Crippen LogP contribution >= 0.6 is 11.6 Å². The molecule has 2 rings (SSSR count). The highest BCUT2D eigenvalue weighted by molar-refractivity contribution is 6.31. The number of aromatic nitrogens is 1. The van der Waals surface area contributed by atoms with E-state index in [1.54, 1.807) is 13.2 Å². The molecule has 1 fully saturated rings. The van der Waals surface area contributed by atoms with Crippen molar-refractivity contribution >= 4 is 17.4 Å². The van der Waals surface area contributed by atoms with Gasteiger partial charge in [-0.15, -0.1) is 0 Å². The van der Waals surface area contributed by atoms with Gasteiger partial charge in [-0.1, -0.05) is 11.6 Å². The molecule has 0 spiro atoms. The van der Waals surface area contributed by atoms with Crippen LogP contribution in [0, 0.1) is 0 Å². The van der Waals surface area contributed by atoms with E-state index in [0.29, 0.717) is 16.9 Å². The second kappa shape index (κ2) is 6.33. The zero-order chi connectivity index (χ0) is 13.0. The highest BCUT2D eigenvalue weighted by Crippen LogP contribution is 2.29. The average molecular weight is 271 g/mol. The lowest BCUT2D eigenvalue weighted by Gasteiger charge is -2.21. The summed E-state index contributed by atoms with van der Waals surface area (Å²) < 4.78 is 5.14. The number of nitrogens with zero attached hydrogens (tertiary/aromatic N) is 2. The molecule has 100 valence electrons. The van der Waals surface area contributed by atoms with Crippen LogP contribution in [0.4, 0.5) is 5.82 Å². The topological polar surface area (TPSA) is 63.4 Å². The van der Waals surface area contributed by atoms with Crippen LogP contribution in [0.1, 0.15) is 18.5 Å². The molecule has 0 bridgehead atoms. The van der Waals surface area contributed by atoms with Crippen molar-refractivity contribution in [3.05, 3.63) is 22.8 Å². The number of pyridine rings is 1. The van der Waals surface area contributed by atoms with E-state index in [9.17, 15) is 0 Å². The van der Waals surface area contributed by atoms with Crippen molar-refractivity contribution in [2.75, 3.05) is 25.7 Å². The first-order chi connectivity index (χ1) is 8.74. The van der Waals surface area contributed by atoms with Crippen molar-refractivity contribution in [2.45, 2.75) is 25.4 Å². The van der Waals surface area contributed by atoms with E-state index >= 15 is 0 Å². The Morgan fingerprint density at radius 2 is 2.33 bits per heavy atom. The minimum absolute atomic E-state index is 0.636. The second-order valence-corrected chi connectivity index (χ2v) is 4.87. The third-order valence-corrected chi connectivity index (χ3v) is 3.41. The van der Waals surface area contributed by atoms with Crippen LogP contribution in [0.5, 0.6) is 0 Å². The number of nitrogen functional groups attached to an aromatic ring is 1. The van der Waals surface area contributed by atoms with E-state index in [4.69, 9.17) is 22.2 Å². The zero-order valence-electron chi connectivity index (χ0n) is 10.5. The van der Waals surface area contributed by atoms with Gasteiger partial charge in [0, 0.05) is 26.2 Å². The van der Waals surface area contributed by atoms with E-state index in [1.807, 2.05) is 6.07 Å². The molecule has 3 N–H and O–H groups in total. The Kier molecular flexibility index (Phi) is 4.77. The first-order valence-electron chi connectivity index (χ1n) is 6.09. The fourth-order valence-corrected chi connectivity index (χ4v) is 2.07. The van der Waals surface area contributed by atoms with Crippen LogP contribution < -0.4 is 11.3 Å². The van der Waals surface area contributed by atoms with Crippen LogP contribution in [0.2, 0.25) is 5.02 Å². The molecule has 0 aliphatic heterocycles. The minimum atomic E-state index is 0.636. The fraction of sp³-hybridized carbons (Fsp3) is 0.583. The number of hydrogen-bond acceptors (Lipinski definition) is 5. The van der Waals surface area contributed by atoms with Gasteiger partial charge in [0.25, 0.3) is 0 Å². The highest BCUT2D eigenvalue weighted by atomic mass is 35.5. The molecule has 1 aliphatic carbocycles. The Morgan fingerprint density at radius 1 is 1.56 bits per heavy atom. The van der Waals surface area contributed by atoms with Crippen molar-refractivity contribution in [3.8, 4) is 0 Å². The number of anilines is 1. The molecule has 0 amide bonds. The maximum Gasteiger partial charge on any atom is 0.140 e. The molecule has 1 heterocycles. The van der Waals surface area contributed by atoms with Gasteiger partial charge in [-0.05, 0) is 25.0 Å². The Labute approximate surface area is 112 Å². The van der Waals surface area contributed by atoms with E-state index in [-0.39, 0.29) is 0 Å². The number of rotatable bonds is 7. The van der Waals surface area contributed by atoms with Gasteiger partial charge in [-0.2, -0.15) is 0 Å². The van der Waals surface area contributed by atoms with E-state index in [2.05, 4.69) is 15.3 Å². The number of nitrogens with two attached hydrogens (primary N) is 1. The van der Waals surface area contributed by atoms with Crippen molar-refractivity contribution in [1.82, 2.24) is 9.88 Å². The maximum atomic E-state index is 6.17. The normalized spacial score (nSPS) is 15.1. The first kappa shape index (κ1) is 13.5.